The third kappa shape index (κ3) is 8.10. The van der Waals surface area contributed by atoms with E-state index in [2.05, 4.69) is 13.8 Å². The van der Waals surface area contributed by atoms with Crippen LogP contribution in [0.15, 0.2) is 24.3 Å². The minimum absolute atomic E-state index is 0.0199. The summed E-state index contributed by atoms with van der Waals surface area (Å²) in [6, 6.07) is 7.96. The Bertz CT molecular complexity index is 893. The fourth-order valence-electron chi connectivity index (χ4n) is 4.23. The monoisotopic (exact) mass is 479 g/mol. The smallest absolute Gasteiger partial charge is 0.238 e. The van der Waals surface area contributed by atoms with Gasteiger partial charge in [-0.05, 0) is 49.7 Å². The molecule has 0 atom stereocenters. The number of hydrogen-bond donors (Lipinski definition) is 0. The van der Waals surface area contributed by atoms with Gasteiger partial charge in [-0.2, -0.15) is 4.31 Å². The van der Waals surface area contributed by atoms with E-state index in [0.29, 0.717) is 57.8 Å². The number of rotatable bonds is 11. The van der Waals surface area contributed by atoms with Crippen molar-refractivity contribution in [2.75, 3.05) is 31.9 Å². The van der Waals surface area contributed by atoms with Crippen LogP contribution in [-0.2, 0) is 26.2 Å². The lowest BCUT2D eigenvalue weighted by molar-refractivity contribution is -0.137. The molecule has 2 rings (SSSR count). The summed E-state index contributed by atoms with van der Waals surface area (Å²) in [5.74, 6) is 0.282. The zero-order valence-electron chi connectivity index (χ0n) is 20.9. The van der Waals surface area contributed by atoms with Gasteiger partial charge in [0.2, 0.25) is 21.8 Å². The van der Waals surface area contributed by atoms with Crippen LogP contribution in [0.4, 0.5) is 0 Å². The molecule has 0 bridgehead atoms. The summed E-state index contributed by atoms with van der Waals surface area (Å²) in [5, 5.41) is 0. The fraction of sp³-hybridized carbons (Fsp3) is 0.680. The number of likely N-dealkylation sites (tertiary alicyclic amines) is 1. The van der Waals surface area contributed by atoms with Crippen LogP contribution in [0.5, 0.6) is 0 Å². The Labute approximate surface area is 200 Å². The normalized spacial score (nSPS) is 15.3. The second kappa shape index (κ2) is 12.5. The van der Waals surface area contributed by atoms with Crippen molar-refractivity contribution in [3.05, 3.63) is 35.4 Å². The summed E-state index contributed by atoms with van der Waals surface area (Å²) >= 11 is 0. The lowest BCUT2D eigenvalue weighted by Crippen LogP contribution is -2.51. The number of aryl methyl sites for hydroxylation is 1. The van der Waals surface area contributed by atoms with Crippen molar-refractivity contribution in [3.8, 4) is 0 Å². The molecule has 1 fully saturated rings. The van der Waals surface area contributed by atoms with Crippen LogP contribution in [0.2, 0.25) is 0 Å². The van der Waals surface area contributed by atoms with E-state index in [1.54, 1.807) is 6.92 Å². The molecule has 0 spiro atoms. The molecule has 2 amide bonds. The van der Waals surface area contributed by atoms with Crippen molar-refractivity contribution in [1.29, 1.82) is 0 Å². The molecule has 1 saturated heterocycles. The number of carbonyl (C=O) groups excluding carboxylic acids is 2. The Morgan fingerprint density at radius 3 is 2.33 bits per heavy atom. The van der Waals surface area contributed by atoms with Gasteiger partial charge < -0.3 is 9.80 Å². The van der Waals surface area contributed by atoms with Gasteiger partial charge in [-0.1, -0.05) is 45.0 Å². The number of carbonyl (C=O) groups is 2. The van der Waals surface area contributed by atoms with Crippen molar-refractivity contribution in [1.82, 2.24) is 14.1 Å². The summed E-state index contributed by atoms with van der Waals surface area (Å²) in [5.41, 5.74) is 2.16. The van der Waals surface area contributed by atoms with Gasteiger partial charge in [-0.3, -0.25) is 9.59 Å². The summed E-state index contributed by atoms with van der Waals surface area (Å²) in [4.78, 5) is 29.0. The number of benzene rings is 1. The highest BCUT2D eigenvalue weighted by molar-refractivity contribution is 7.89. The topological polar surface area (TPSA) is 78.0 Å². The first kappa shape index (κ1) is 27.3. The lowest BCUT2D eigenvalue weighted by Gasteiger charge is -2.39. The van der Waals surface area contributed by atoms with Crippen LogP contribution in [0.3, 0.4) is 0 Å². The predicted molar refractivity (Wildman–Crippen MR) is 132 cm³/mol. The van der Waals surface area contributed by atoms with Gasteiger partial charge in [0.15, 0.2) is 0 Å². The third-order valence-corrected chi connectivity index (χ3v) is 8.42. The molecule has 8 heteroatoms. The molecule has 0 aromatic heterocycles. The molecule has 0 aliphatic carbocycles. The highest BCUT2D eigenvalue weighted by Gasteiger charge is 2.32. The van der Waals surface area contributed by atoms with E-state index < -0.39 is 10.0 Å². The van der Waals surface area contributed by atoms with Crippen LogP contribution < -0.4 is 0 Å². The number of hydrogen-bond acceptors (Lipinski definition) is 4. The van der Waals surface area contributed by atoms with Gasteiger partial charge in [-0.15, -0.1) is 0 Å². The quantitative estimate of drug-likeness (QED) is 0.487. The SMILES string of the molecule is CCCS(=O)(=O)N(CCC(C)C)CC(=O)N(Cc1ccccc1C)C1CCN(C(C)=O)CC1. The third-order valence-electron chi connectivity index (χ3n) is 6.40. The lowest BCUT2D eigenvalue weighted by atomic mass is 10.0. The van der Waals surface area contributed by atoms with Gasteiger partial charge in [0.25, 0.3) is 0 Å². The Balaban J connectivity index is 2.26. The first-order chi connectivity index (χ1) is 15.5. The standard InChI is InChI=1S/C25H41N3O4S/c1-6-17-33(31,32)27(16-11-20(2)3)19-25(30)28(18-23-10-8-7-9-21(23)4)24-12-14-26(15-13-24)22(5)29/h7-10,20,24H,6,11-19H2,1-5H3. The second-order valence-electron chi connectivity index (χ2n) is 9.52. The average Bonchev–Trinajstić information content (AvgIpc) is 2.75. The van der Waals surface area contributed by atoms with E-state index in [4.69, 9.17) is 0 Å². The van der Waals surface area contributed by atoms with E-state index in [0.717, 1.165) is 11.1 Å². The Morgan fingerprint density at radius 1 is 1.15 bits per heavy atom. The van der Waals surface area contributed by atoms with E-state index in [-0.39, 0.29) is 30.2 Å². The maximum Gasteiger partial charge on any atom is 0.238 e. The van der Waals surface area contributed by atoms with Crippen LogP contribution in [0, 0.1) is 12.8 Å². The summed E-state index contributed by atoms with van der Waals surface area (Å²) in [6.07, 6.45) is 2.63. The van der Waals surface area contributed by atoms with E-state index in [1.807, 2.05) is 47.9 Å². The summed E-state index contributed by atoms with van der Waals surface area (Å²) in [7, 11) is -3.50. The molecule has 1 aliphatic heterocycles. The van der Waals surface area contributed by atoms with Gasteiger partial charge in [-0.25, -0.2) is 8.42 Å². The Hall–Kier alpha value is -1.93. The molecule has 1 aromatic carbocycles. The highest BCUT2D eigenvalue weighted by atomic mass is 32.2. The summed E-state index contributed by atoms with van der Waals surface area (Å²) in [6.45, 7) is 11.4. The average molecular weight is 480 g/mol. The Kier molecular flexibility index (Phi) is 10.4. The molecular formula is C25H41N3O4S. The molecule has 7 nitrogen and oxygen atoms in total. The molecule has 0 saturated carbocycles. The molecular weight excluding hydrogens is 438 g/mol. The molecule has 186 valence electrons. The molecule has 1 heterocycles. The van der Waals surface area contributed by atoms with Crippen LogP contribution in [0.25, 0.3) is 0 Å². The molecule has 1 aromatic rings. The molecule has 0 N–H and O–H groups in total. The van der Waals surface area contributed by atoms with Crippen molar-refractivity contribution in [2.24, 2.45) is 5.92 Å². The largest absolute Gasteiger partial charge is 0.343 e. The number of sulfonamides is 1. The predicted octanol–water partition coefficient (Wildman–Crippen LogP) is 3.42. The van der Waals surface area contributed by atoms with Gasteiger partial charge in [0.1, 0.15) is 0 Å². The van der Waals surface area contributed by atoms with E-state index >= 15 is 0 Å². The molecule has 1 aliphatic rings. The van der Waals surface area contributed by atoms with E-state index in [9.17, 15) is 18.0 Å². The maximum atomic E-state index is 13.6. The van der Waals surface area contributed by atoms with Crippen molar-refractivity contribution < 1.29 is 18.0 Å². The first-order valence-electron chi connectivity index (χ1n) is 12.1. The van der Waals surface area contributed by atoms with Crippen LogP contribution >= 0.6 is 0 Å². The minimum atomic E-state index is -3.50. The van der Waals surface area contributed by atoms with Gasteiger partial charge in [0.05, 0.1) is 12.3 Å². The van der Waals surface area contributed by atoms with Crippen molar-refractivity contribution in [2.45, 2.75) is 72.9 Å². The van der Waals surface area contributed by atoms with Crippen molar-refractivity contribution >= 4 is 21.8 Å². The number of piperidine rings is 1. The zero-order valence-corrected chi connectivity index (χ0v) is 21.7. The van der Waals surface area contributed by atoms with Crippen molar-refractivity contribution in [3.63, 3.8) is 0 Å². The van der Waals surface area contributed by atoms with E-state index in [1.165, 1.54) is 4.31 Å². The van der Waals surface area contributed by atoms with Gasteiger partial charge >= 0.3 is 0 Å². The van der Waals surface area contributed by atoms with Crippen LogP contribution in [-0.4, -0.2) is 72.3 Å². The molecule has 0 unspecified atom stereocenters. The molecule has 0 radical (unpaired) electrons. The first-order valence-corrected chi connectivity index (χ1v) is 13.7. The van der Waals surface area contributed by atoms with Crippen LogP contribution in [0.1, 0.15) is 64.5 Å². The summed E-state index contributed by atoms with van der Waals surface area (Å²) < 4.78 is 27.2. The second-order valence-corrected chi connectivity index (χ2v) is 11.6. The zero-order chi connectivity index (χ0) is 24.6. The minimum Gasteiger partial charge on any atom is -0.343 e. The van der Waals surface area contributed by atoms with Gasteiger partial charge in [0, 0.05) is 39.1 Å². The maximum absolute atomic E-state index is 13.6. The highest BCUT2D eigenvalue weighted by Crippen LogP contribution is 2.22. The Morgan fingerprint density at radius 2 is 1.79 bits per heavy atom. The number of nitrogens with zero attached hydrogens (tertiary/aromatic N) is 3. The molecule has 33 heavy (non-hydrogen) atoms. The number of amides is 2. The fourth-order valence-corrected chi connectivity index (χ4v) is 5.70.